The molecule has 0 aliphatic heterocycles. The first kappa shape index (κ1) is 11.0. The van der Waals surface area contributed by atoms with E-state index in [0.29, 0.717) is 0 Å². The Kier molecular flexibility index (Phi) is 3.87. The summed E-state index contributed by atoms with van der Waals surface area (Å²) < 4.78 is 0. The molecule has 1 aromatic carbocycles. The lowest BCUT2D eigenvalue weighted by atomic mass is 9.97. The van der Waals surface area contributed by atoms with Crippen LogP contribution in [0.5, 0.6) is 0 Å². The van der Waals surface area contributed by atoms with Crippen LogP contribution >= 0.6 is 0 Å². The highest BCUT2D eigenvalue weighted by molar-refractivity contribution is 5.78. The van der Waals surface area contributed by atoms with Gasteiger partial charge in [0.2, 0.25) is 0 Å². The molecule has 0 aromatic heterocycles. The van der Waals surface area contributed by atoms with Gasteiger partial charge >= 0.3 is 0 Å². The molecule has 0 N–H and O–H groups in total. The van der Waals surface area contributed by atoms with E-state index >= 15 is 0 Å². The van der Waals surface area contributed by atoms with Crippen LogP contribution in [0.15, 0.2) is 24.3 Å². The Labute approximate surface area is 86.1 Å². The minimum atomic E-state index is 0.141. The molecular formula is C13H18O. The van der Waals surface area contributed by atoms with Crippen LogP contribution in [0.1, 0.15) is 31.9 Å². The Morgan fingerprint density at radius 3 is 2.14 bits per heavy atom. The average Bonchev–Trinajstić information content (AvgIpc) is 2.19. The molecule has 0 aliphatic carbocycles. The maximum atomic E-state index is 11.1. The molecule has 14 heavy (non-hydrogen) atoms. The molecule has 0 aliphatic rings. The summed E-state index contributed by atoms with van der Waals surface area (Å²) in [5.41, 5.74) is 2.61. The van der Waals surface area contributed by atoms with Crippen molar-refractivity contribution in [2.75, 3.05) is 0 Å². The molecule has 1 nitrogen and oxygen atoms in total. The average molecular weight is 190 g/mol. The molecule has 1 atom stereocenters. The van der Waals surface area contributed by atoms with Crippen LogP contribution in [0, 0.1) is 5.92 Å². The van der Waals surface area contributed by atoms with E-state index in [1.807, 2.05) is 6.92 Å². The van der Waals surface area contributed by atoms with Crippen molar-refractivity contribution in [1.29, 1.82) is 0 Å². The van der Waals surface area contributed by atoms with Crippen LogP contribution in [-0.4, -0.2) is 5.78 Å². The third kappa shape index (κ3) is 2.99. The van der Waals surface area contributed by atoms with Crippen LogP contribution in [0.25, 0.3) is 0 Å². The van der Waals surface area contributed by atoms with Gasteiger partial charge in [-0.2, -0.15) is 0 Å². The number of aryl methyl sites for hydroxylation is 1. The summed E-state index contributed by atoms with van der Waals surface area (Å²) in [6, 6.07) is 8.53. The molecule has 1 unspecified atom stereocenters. The Hall–Kier alpha value is -1.11. The third-order valence-electron chi connectivity index (χ3n) is 2.67. The van der Waals surface area contributed by atoms with Gasteiger partial charge in [-0.3, -0.25) is 4.79 Å². The van der Waals surface area contributed by atoms with Gasteiger partial charge in [0.15, 0.2) is 0 Å². The van der Waals surface area contributed by atoms with Gasteiger partial charge in [0.25, 0.3) is 0 Å². The molecule has 0 fully saturated rings. The highest BCUT2D eigenvalue weighted by Crippen LogP contribution is 2.11. The second-order valence-corrected chi connectivity index (χ2v) is 3.89. The monoisotopic (exact) mass is 190 g/mol. The fourth-order valence-corrected chi connectivity index (χ4v) is 1.41. The summed E-state index contributed by atoms with van der Waals surface area (Å²) in [4.78, 5) is 11.1. The summed E-state index contributed by atoms with van der Waals surface area (Å²) in [6.45, 7) is 5.79. The molecule has 0 spiro atoms. The van der Waals surface area contributed by atoms with E-state index in [-0.39, 0.29) is 11.7 Å². The molecule has 0 bridgehead atoms. The van der Waals surface area contributed by atoms with Crippen LogP contribution in [0.3, 0.4) is 0 Å². The van der Waals surface area contributed by atoms with Crippen molar-refractivity contribution in [2.24, 2.45) is 5.92 Å². The van der Waals surface area contributed by atoms with Gasteiger partial charge in [-0.25, -0.2) is 0 Å². The molecule has 0 heterocycles. The predicted octanol–water partition coefficient (Wildman–Crippen LogP) is 3.02. The van der Waals surface area contributed by atoms with Gasteiger partial charge in [0.05, 0.1) is 0 Å². The first-order valence-electron chi connectivity index (χ1n) is 5.21. The van der Waals surface area contributed by atoms with Crippen LogP contribution < -0.4 is 0 Å². The Morgan fingerprint density at radius 2 is 1.71 bits per heavy atom. The topological polar surface area (TPSA) is 17.1 Å². The second-order valence-electron chi connectivity index (χ2n) is 3.89. The maximum Gasteiger partial charge on any atom is 0.132 e. The van der Waals surface area contributed by atoms with E-state index in [4.69, 9.17) is 0 Å². The van der Waals surface area contributed by atoms with E-state index in [9.17, 15) is 4.79 Å². The van der Waals surface area contributed by atoms with Gasteiger partial charge < -0.3 is 0 Å². The molecule has 0 radical (unpaired) electrons. The molecular weight excluding hydrogens is 172 g/mol. The number of hydrogen-bond donors (Lipinski definition) is 0. The van der Waals surface area contributed by atoms with E-state index in [1.54, 1.807) is 6.92 Å². The molecule has 0 saturated heterocycles. The summed E-state index contributed by atoms with van der Waals surface area (Å²) in [6.07, 6.45) is 1.93. The highest BCUT2D eigenvalue weighted by atomic mass is 16.1. The van der Waals surface area contributed by atoms with Crippen LogP contribution in [0.4, 0.5) is 0 Å². The zero-order valence-electron chi connectivity index (χ0n) is 9.21. The molecule has 0 saturated carbocycles. The van der Waals surface area contributed by atoms with Gasteiger partial charge in [-0.05, 0) is 30.9 Å². The number of hydrogen-bond acceptors (Lipinski definition) is 1. The van der Waals surface area contributed by atoms with Gasteiger partial charge in [-0.1, -0.05) is 38.1 Å². The number of carbonyl (C=O) groups is 1. The van der Waals surface area contributed by atoms with Crippen molar-refractivity contribution in [3.05, 3.63) is 35.4 Å². The molecule has 1 aromatic rings. The van der Waals surface area contributed by atoms with Crippen LogP contribution in [-0.2, 0) is 17.6 Å². The van der Waals surface area contributed by atoms with E-state index in [1.165, 1.54) is 11.1 Å². The summed E-state index contributed by atoms with van der Waals surface area (Å²) >= 11 is 0. The summed E-state index contributed by atoms with van der Waals surface area (Å²) in [5.74, 6) is 0.409. The van der Waals surface area contributed by atoms with E-state index in [0.717, 1.165) is 12.8 Å². The van der Waals surface area contributed by atoms with Crippen molar-refractivity contribution in [3.63, 3.8) is 0 Å². The normalized spacial score (nSPS) is 12.5. The largest absolute Gasteiger partial charge is 0.300 e. The highest BCUT2D eigenvalue weighted by Gasteiger charge is 2.07. The number of ketones is 1. The Bertz CT molecular complexity index is 298. The molecule has 1 heteroatoms. The van der Waals surface area contributed by atoms with Crippen LogP contribution in [0.2, 0.25) is 0 Å². The number of Topliss-reactive ketones (excluding diaryl/α,β-unsaturated/α-hetero) is 1. The fraction of sp³-hybridized carbons (Fsp3) is 0.462. The minimum Gasteiger partial charge on any atom is -0.300 e. The summed E-state index contributed by atoms with van der Waals surface area (Å²) in [5, 5.41) is 0. The number of benzene rings is 1. The van der Waals surface area contributed by atoms with Crippen molar-refractivity contribution >= 4 is 5.78 Å². The first-order chi connectivity index (χ1) is 6.63. The molecule has 1 rings (SSSR count). The fourth-order valence-electron chi connectivity index (χ4n) is 1.41. The maximum absolute atomic E-state index is 11.1. The minimum absolute atomic E-state index is 0.141. The second kappa shape index (κ2) is 4.94. The molecule has 76 valence electrons. The zero-order chi connectivity index (χ0) is 10.6. The SMILES string of the molecule is CCc1ccc(CC(C)C(C)=O)cc1. The lowest BCUT2D eigenvalue weighted by Gasteiger charge is -2.07. The molecule has 0 amide bonds. The lowest BCUT2D eigenvalue weighted by molar-refractivity contribution is -0.120. The summed E-state index contributed by atoms with van der Waals surface area (Å²) in [7, 11) is 0. The first-order valence-corrected chi connectivity index (χ1v) is 5.21. The standard InChI is InChI=1S/C13H18O/c1-4-12-5-7-13(8-6-12)9-10(2)11(3)14/h5-8,10H,4,9H2,1-3H3. The third-order valence-corrected chi connectivity index (χ3v) is 2.67. The smallest absolute Gasteiger partial charge is 0.132 e. The zero-order valence-corrected chi connectivity index (χ0v) is 9.21. The van der Waals surface area contributed by atoms with Gasteiger partial charge in [0.1, 0.15) is 5.78 Å². The van der Waals surface area contributed by atoms with Crippen molar-refractivity contribution < 1.29 is 4.79 Å². The van der Waals surface area contributed by atoms with E-state index < -0.39 is 0 Å². The van der Waals surface area contributed by atoms with Crippen molar-refractivity contribution in [2.45, 2.75) is 33.6 Å². The predicted molar refractivity (Wildman–Crippen MR) is 59.4 cm³/mol. The number of carbonyl (C=O) groups excluding carboxylic acids is 1. The number of rotatable bonds is 4. The lowest BCUT2D eigenvalue weighted by Crippen LogP contribution is -2.09. The quantitative estimate of drug-likeness (QED) is 0.713. The Morgan fingerprint density at radius 1 is 1.21 bits per heavy atom. The van der Waals surface area contributed by atoms with Crippen molar-refractivity contribution in [1.82, 2.24) is 0 Å². The van der Waals surface area contributed by atoms with Gasteiger partial charge in [-0.15, -0.1) is 0 Å². The Balaban J connectivity index is 2.64. The van der Waals surface area contributed by atoms with Crippen molar-refractivity contribution in [3.8, 4) is 0 Å². The van der Waals surface area contributed by atoms with Gasteiger partial charge in [0, 0.05) is 5.92 Å². The van der Waals surface area contributed by atoms with E-state index in [2.05, 4.69) is 31.2 Å².